The van der Waals surface area contributed by atoms with Crippen LogP contribution in [0.5, 0.6) is 5.75 Å². The summed E-state index contributed by atoms with van der Waals surface area (Å²) >= 11 is 12.0. The summed E-state index contributed by atoms with van der Waals surface area (Å²) in [5.74, 6) is 0.553. The van der Waals surface area contributed by atoms with Crippen LogP contribution in [0.15, 0.2) is 18.2 Å². The van der Waals surface area contributed by atoms with Gasteiger partial charge >= 0.3 is 0 Å². The molecular formula is C13H19Cl2NO2. The van der Waals surface area contributed by atoms with Crippen molar-refractivity contribution in [2.75, 3.05) is 32.9 Å². The Morgan fingerprint density at radius 1 is 1.11 bits per heavy atom. The Kier molecular flexibility index (Phi) is 8.18. The Labute approximate surface area is 118 Å². The molecule has 0 saturated carbocycles. The molecular weight excluding hydrogens is 273 g/mol. The molecule has 0 aliphatic rings. The van der Waals surface area contributed by atoms with E-state index in [1.54, 1.807) is 18.2 Å². The maximum atomic E-state index is 5.98. The van der Waals surface area contributed by atoms with E-state index >= 15 is 0 Å². The van der Waals surface area contributed by atoms with Crippen LogP contribution in [-0.4, -0.2) is 32.9 Å². The minimum Gasteiger partial charge on any atom is -0.489 e. The molecule has 3 nitrogen and oxygen atoms in total. The van der Waals surface area contributed by atoms with Crippen molar-refractivity contribution < 1.29 is 9.47 Å². The maximum absolute atomic E-state index is 5.98. The van der Waals surface area contributed by atoms with Gasteiger partial charge in [-0.25, -0.2) is 0 Å². The van der Waals surface area contributed by atoms with Gasteiger partial charge in [-0.1, -0.05) is 29.3 Å². The highest BCUT2D eigenvalue weighted by Gasteiger charge is 2.05. The van der Waals surface area contributed by atoms with Gasteiger partial charge in [-0.05, 0) is 32.0 Å². The zero-order valence-electron chi connectivity index (χ0n) is 10.5. The molecule has 0 aliphatic heterocycles. The van der Waals surface area contributed by atoms with Crippen molar-refractivity contribution in [2.45, 2.75) is 13.3 Å². The fourth-order valence-corrected chi connectivity index (χ4v) is 1.92. The second kappa shape index (κ2) is 9.45. The average Bonchev–Trinajstić information content (AvgIpc) is 2.35. The molecule has 0 spiro atoms. The third-order valence-corrected chi connectivity index (χ3v) is 2.89. The number of ether oxygens (including phenoxy) is 2. The molecule has 0 amide bonds. The molecule has 0 bridgehead atoms. The van der Waals surface area contributed by atoms with Gasteiger partial charge in [-0.15, -0.1) is 0 Å². The van der Waals surface area contributed by atoms with Crippen molar-refractivity contribution in [1.29, 1.82) is 0 Å². The lowest BCUT2D eigenvalue weighted by Crippen LogP contribution is -2.23. The molecule has 0 saturated heterocycles. The van der Waals surface area contributed by atoms with Crippen LogP contribution in [0.3, 0.4) is 0 Å². The van der Waals surface area contributed by atoms with Crippen LogP contribution in [0.25, 0.3) is 0 Å². The van der Waals surface area contributed by atoms with Crippen LogP contribution >= 0.6 is 23.2 Å². The van der Waals surface area contributed by atoms with Gasteiger partial charge in [-0.2, -0.15) is 0 Å². The number of para-hydroxylation sites is 1. The largest absolute Gasteiger partial charge is 0.489 e. The summed E-state index contributed by atoms with van der Waals surface area (Å²) in [6.07, 6.45) is 1.00. The highest BCUT2D eigenvalue weighted by Crippen LogP contribution is 2.31. The first-order valence-corrected chi connectivity index (χ1v) is 6.86. The molecule has 0 aromatic heterocycles. The quantitative estimate of drug-likeness (QED) is 0.708. The van der Waals surface area contributed by atoms with E-state index < -0.39 is 0 Å². The Balaban J connectivity index is 2.11. The van der Waals surface area contributed by atoms with Crippen LogP contribution in [0.1, 0.15) is 13.3 Å². The SMILES string of the molecule is CCOCCCNCCOc1c(Cl)cccc1Cl. The lowest BCUT2D eigenvalue weighted by Gasteiger charge is -2.10. The lowest BCUT2D eigenvalue weighted by atomic mass is 10.3. The third-order valence-electron chi connectivity index (χ3n) is 2.29. The van der Waals surface area contributed by atoms with Gasteiger partial charge < -0.3 is 14.8 Å². The third kappa shape index (κ3) is 5.91. The molecule has 18 heavy (non-hydrogen) atoms. The maximum Gasteiger partial charge on any atom is 0.156 e. The molecule has 0 heterocycles. The van der Waals surface area contributed by atoms with Crippen LogP contribution in [-0.2, 0) is 4.74 Å². The predicted octanol–water partition coefficient (Wildman–Crippen LogP) is 3.39. The van der Waals surface area contributed by atoms with Gasteiger partial charge in [0.15, 0.2) is 5.75 Å². The van der Waals surface area contributed by atoms with E-state index in [1.807, 2.05) is 6.92 Å². The number of nitrogens with one attached hydrogen (secondary N) is 1. The van der Waals surface area contributed by atoms with Crippen LogP contribution in [0.4, 0.5) is 0 Å². The summed E-state index contributed by atoms with van der Waals surface area (Å²) in [6, 6.07) is 5.32. The predicted molar refractivity (Wildman–Crippen MR) is 75.9 cm³/mol. The van der Waals surface area contributed by atoms with E-state index in [0.29, 0.717) is 22.4 Å². The van der Waals surface area contributed by atoms with E-state index in [9.17, 15) is 0 Å². The van der Waals surface area contributed by atoms with Crippen molar-refractivity contribution in [3.05, 3.63) is 28.2 Å². The van der Waals surface area contributed by atoms with Crippen molar-refractivity contribution in [3.63, 3.8) is 0 Å². The molecule has 102 valence electrons. The topological polar surface area (TPSA) is 30.5 Å². The fraction of sp³-hybridized carbons (Fsp3) is 0.538. The van der Waals surface area contributed by atoms with Crippen LogP contribution < -0.4 is 10.1 Å². The van der Waals surface area contributed by atoms with Crippen molar-refractivity contribution in [3.8, 4) is 5.75 Å². The van der Waals surface area contributed by atoms with E-state index in [-0.39, 0.29) is 0 Å². The van der Waals surface area contributed by atoms with Gasteiger partial charge in [0, 0.05) is 19.8 Å². The Bertz CT molecular complexity index is 328. The number of hydrogen-bond donors (Lipinski definition) is 1. The molecule has 0 aliphatic carbocycles. The number of halogens is 2. The molecule has 5 heteroatoms. The summed E-state index contributed by atoms with van der Waals surface area (Å²) in [7, 11) is 0. The lowest BCUT2D eigenvalue weighted by molar-refractivity contribution is 0.144. The van der Waals surface area contributed by atoms with E-state index in [0.717, 1.165) is 32.7 Å². The zero-order valence-corrected chi connectivity index (χ0v) is 12.1. The summed E-state index contributed by atoms with van der Waals surface area (Å²) in [4.78, 5) is 0. The summed E-state index contributed by atoms with van der Waals surface area (Å²) in [5, 5.41) is 4.34. The Morgan fingerprint density at radius 3 is 2.50 bits per heavy atom. The standard InChI is InChI=1S/C13H19Cl2NO2/c1-2-17-9-4-7-16-8-10-18-13-11(14)5-3-6-12(13)15/h3,5-6,16H,2,4,7-10H2,1H3. The molecule has 0 radical (unpaired) electrons. The zero-order chi connectivity index (χ0) is 13.2. The monoisotopic (exact) mass is 291 g/mol. The van der Waals surface area contributed by atoms with Crippen LogP contribution in [0, 0.1) is 0 Å². The molecule has 0 atom stereocenters. The summed E-state index contributed by atoms with van der Waals surface area (Å²) in [6.45, 7) is 5.77. The first-order valence-electron chi connectivity index (χ1n) is 6.11. The summed E-state index contributed by atoms with van der Waals surface area (Å²) in [5.41, 5.74) is 0. The van der Waals surface area contributed by atoms with Gasteiger partial charge in [-0.3, -0.25) is 0 Å². The first kappa shape index (κ1) is 15.6. The Morgan fingerprint density at radius 2 is 1.83 bits per heavy atom. The number of benzene rings is 1. The van der Waals surface area contributed by atoms with Crippen LogP contribution in [0.2, 0.25) is 10.0 Å². The van der Waals surface area contributed by atoms with Crippen molar-refractivity contribution in [2.24, 2.45) is 0 Å². The fourth-order valence-electron chi connectivity index (χ4n) is 1.41. The van der Waals surface area contributed by atoms with Gasteiger partial charge in [0.25, 0.3) is 0 Å². The summed E-state index contributed by atoms with van der Waals surface area (Å²) < 4.78 is 10.8. The minimum absolute atomic E-state index is 0.540. The van der Waals surface area contributed by atoms with Gasteiger partial charge in [0.05, 0.1) is 10.0 Å². The molecule has 1 aromatic rings. The van der Waals surface area contributed by atoms with E-state index in [1.165, 1.54) is 0 Å². The first-order chi connectivity index (χ1) is 8.75. The number of rotatable bonds is 9. The molecule has 0 fully saturated rings. The van der Waals surface area contributed by atoms with E-state index in [2.05, 4.69) is 5.32 Å². The average molecular weight is 292 g/mol. The minimum atomic E-state index is 0.540. The molecule has 1 aromatic carbocycles. The smallest absolute Gasteiger partial charge is 0.156 e. The highest BCUT2D eigenvalue weighted by molar-refractivity contribution is 6.37. The molecule has 0 unspecified atom stereocenters. The second-order valence-electron chi connectivity index (χ2n) is 3.70. The normalized spacial score (nSPS) is 10.6. The van der Waals surface area contributed by atoms with Crippen molar-refractivity contribution >= 4 is 23.2 Å². The highest BCUT2D eigenvalue weighted by atomic mass is 35.5. The van der Waals surface area contributed by atoms with Crippen molar-refractivity contribution in [1.82, 2.24) is 5.32 Å². The second-order valence-corrected chi connectivity index (χ2v) is 4.51. The Hall–Kier alpha value is -0.480. The molecule has 1 N–H and O–H groups in total. The van der Waals surface area contributed by atoms with Gasteiger partial charge in [0.2, 0.25) is 0 Å². The van der Waals surface area contributed by atoms with E-state index in [4.69, 9.17) is 32.7 Å². The molecule has 1 rings (SSSR count). The number of hydrogen-bond acceptors (Lipinski definition) is 3. The van der Waals surface area contributed by atoms with Gasteiger partial charge in [0.1, 0.15) is 6.61 Å².